The Balaban J connectivity index is 1.92. The van der Waals surface area contributed by atoms with Crippen molar-refractivity contribution in [1.82, 2.24) is 4.90 Å². The molecule has 2 aromatic carbocycles. The third-order valence-electron chi connectivity index (χ3n) is 3.78. The van der Waals surface area contributed by atoms with Gasteiger partial charge in [0.25, 0.3) is 11.1 Å². The molecule has 1 aliphatic heterocycles. The molecule has 0 unspecified atom stereocenters. The van der Waals surface area contributed by atoms with E-state index in [4.69, 9.17) is 16.3 Å². The minimum absolute atomic E-state index is 0.0596. The summed E-state index contributed by atoms with van der Waals surface area (Å²) < 4.78 is 6.07. The standard InChI is InChI=1S/C18H12Br2ClNO4S/c1-26-12-6-10(14(19)15(20)16(12)23)7-13-17(24)22(18(25)27-13)8-9-3-2-4-11(21)5-9/h2-7,23H,8H2,1H3/b13-7-. The van der Waals surface area contributed by atoms with Gasteiger partial charge in [-0.05, 0) is 79.0 Å². The van der Waals surface area contributed by atoms with Gasteiger partial charge >= 0.3 is 0 Å². The number of thioether (sulfide) groups is 1. The maximum absolute atomic E-state index is 12.7. The smallest absolute Gasteiger partial charge is 0.293 e. The van der Waals surface area contributed by atoms with Crippen molar-refractivity contribution in [2.24, 2.45) is 0 Å². The lowest BCUT2D eigenvalue weighted by Crippen LogP contribution is -2.27. The molecule has 0 bridgehead atoms. The zero-order valence-corrected chi connectivity index (χ0v) is 18.6. The van der Waals surface area contributed by atoms with Crippen LogP contribution in [-0.4, -0.2) is 28.3 Å². The molecule has 0 radical (unpaired) electrons. The lowest BCUT2D eigenvalue weighted by atomic mass is 10.1. The molecule has 9 heteroatoms. The predicted octanol–water partition coefficient (Wildman–Crippen LogP) is 5.82. The molecule has 3 rings (SSSR count). The first-order valence-electron chi connectivity index (χ1n) is 7.56. The van der Waals surface area contributed by atoms with Gasteiger partial charge in [0.15, 0.2) is 11.5 Å². The summed E-state index contributed by atoms with van der Waals surface area (Å²) in [5.74, 6) is -0.204. The average Bonchev–Trinajstić information content (AvgIpc) is 2.89. The monoisotopic (exact) mass is 531 g/mol. The minimum atomic E-state index is -0.389. The van der Waals surface area contributed by atoms with E-state index in [9.17, 15) is 14.7 Å². The number of benzene rings is 2. The molecule has 0 saturated carbocycles. The van der Waals surface area contributed by atoms with Gasteiger partial charge in [0, 0.05) is 9.50 Å². The van der Waals surface area contributed by atoms with Crippen LogP contribution in [0.25, 0.3) is 6.08 Å². The quantitative estimate of drug-likeness (QED) is 0.502. The van der Waals surface area contributed by atoms with Crippen LogP contribution in [0.5, 0.6) is 11.5 Å². The molecule has 140 valence electrons. The molecule has 0 atom stereocenters. The molecule has 1 saturated heterocycles. The van der Waals surface area contributed by atoms with Crippen molar-refractivity contribution in [2.45, 2.75) is 6.54 Å². The maximum atomic E-state index is 12.7. The fourth-order valence-corrected chi connectivity index (χ4v) is 4.35. The molecule has 27 heavy (non-hydrogen) atoms. The van der Waals surface area contributed by atoms with E-state index in [2.05, 4.69) is 31.9 Å². The molecular formula is C18H12Br2ClNO4S. The zero-order chi connectivity index (χ0) is 19.7. The second-order valence-corrected chi connectivity index (χ2v) is 8.56. The second-order valence-electron chi connectivity index (χ2n) is 5.54. The normalized spacial score (nSPS) is 15.7. The van der Waals surface area contributed by atoms with Gasteiger partial charge in [-0.15, -0.1) is 0 Å². The number of carbonyl (C=O) groups is 2. The van der Waals surface area contributed by atoms with E-state index in [-0.39, 0.29) is 34.1 Å². The molecular weight excluding hydrogens is 522 g/mol. The van der Waals surface area contributed by atoms with Crippen molar-refractivity contribution in [3.63, 3.8) is 0 Å². The SMILES string of the molecule is COc1cc(/C=C2\SC(=O)N(Cc3cccc(Cl)c3)C2=O)c(Br)c(Br)c1O. The van der Waals surface area contributed by atoms with Crippen LogP contribution in [0.1, 0.15) is 11.1 Å². The number of imide groups is 1. The Morgan fingerprint density at radius 3 is 2.67 bits per heavy atom. The van der Waals surface area contributed by atoms with Gasteiger partial charge in [-0.3, -0.25) is 14.5 Å². The number of ether oxygens (including phenoxy) is 1. The van der Waals surface area contributed by atoms with E-state index in [1.165, 1.54) is 12.0 Å². The number of hydrogen-bond donors (Lipinski definition) is 1. The lowest BCUT2D eigenvalue weighted by molar-refractivity contribution is -0.123. The summed E-state index contributed by atoms with van der Waals surface area (Å²) in [7, 11) is 1.43. The molecule has 1 heterocycles. The van der Waals surface area contributed by atoms with E-state index >= 15 is 0 Å². The van der Waals surface area contributed by atoms with Crippen LogP contribution in [-0.2, 0) is 11.3 Å². The van der Waals surface area contributed by atoms with Gasteiger partial charge < -0.3 is 9.84 Å². The van der Waals surface area contributed by atoms with Gasteiger partial charge in [-0.1, -0.05) is 23.7 Å². The van der Waals surface area contributed by atoms with E-state index in [0.29, 0.717) is 19.5 Å². The zero-order valence-electron chi connectivity index (χ0n) is 13.8. The number of rotatable bonds is 4. The molecule has 0 aromatic heterocycles. The average molecular weight is 534 g/mol. The summed E-state index contributed by atoms with van der Waals surface area (Å²) in [6.45, 7) is 0.145. The van der Waals surface area contributed by atoms with Crippen LogP contribution in [0.15, 0.2) is 44.2 Å². The minimum Gasteiger partial charge on any atom is -0.503 e. The molecule has 0 aliphatic carbocycles. The molecule has 1 aliphatic rings. The number of phenolic OH excluding ortho intramolecular Hbond substituents is 1. The van der Waals surface area contributed by atoms with Crippen LogP contribution in [0.4, 0.5) is 4.79 Å². The van der Waals surface area contributed by atoms with Crippen LogP contribution < -0.4 is 4.74 Å². The van der Waals surface area contributed by atoms with E-state index in [1.807, 2.05) is 0 Å². The topological polar surface area (TPSA) is 66.8 Å². The van der Waals surface area contributed by atoms with Crippen molar-refractivity contribution in [3.05, 3.63) is 60.3 Å². The second kappa shape index (κ2) is 8.26. The maximum Gasteiger partial charge on any atom is 0.293 e. The Morgan fingerprint density at radius 2 is 2.00 bits per heavy atom. The Bertz CT molecular complexity index is 980. The van der Waals surface area contributed by atoms with Crippen LogP contribution >= 0.6 is 55.2 Å². The summed E-state index contributed by atoms with van der Waals surface area (Å²) in [5.41, 5.74) is 1.35. The highest BCUT2D eigenvalue weighted by atomic mass is 79.9. The first-order chi connectivity index (χ1) is 12.8. The molecule has 5 nitrogen and oxygen atoms in total. The fraction of sp³-hybridized carbons (Fsp3) is 0.111. The van der Waals surface area contributed by atoms with Gasteiger partial charge in [0.1, 0.15) is 0 Å². The van der Waals surface area contributed by atoms with Crippen molar-refractivity contribution in [3.8, 4) is 11.5 Å². The van der Waals surface area contributed by atoms with Crippen LogP contribution in [0.2, 0.25) is 5.02 Å². The van der Waals surface area contributed by atoms with Crippen LogP contribution in [0, 0.1) is 0 Å². The van der Waals surface area contributed by atoms with E-state index in [1.54, 1.807) is 36.4 Å². The number of phenols is 1. The summed E-state index contributed by atoms with van der Waals surface area (Å²) in [5, 5.41) is 10.2. The number of hydrogen-bond acceptors (Lipinski definition) is 5. The molecule has 1 fully saturated rings. The largest absolute Gasteiger partial charge is 0.503 e. The van der Waals surface area contributed by atoms with Gasteiger partial charge in [-0.2, -0.15) is 0 Å². The Morgan fingerprint density at radius 1 is 1.26 bits per heavy atom. The van der Waals surface area contributed by atoms with E-state index in [0.717, 1.165) is 17.3 Å². The van der Waals surface area contributed by atoms with Crippen molar-refractivity contribution < 1.29 is 19.4 Å². The molecule has 1 N–H and O–H groups in total. The lowest BCUT2D eigenvalue weighted by Gasteiger charge is -2.12. The summed E-state index contributed by atoms with van der Waals surface area (Å²) >= 11 is 13.5. The first-order valence-corrected chi connectivity index (χ1v) is 10.3. The molecule has 2 aromatic rings. The Kier molecular flexibility index (Phi) is 6.20. The summed E-state index contributed by atoms with van der Waals surface area (Å²) in [4.78, 5) is 26.5. The molecule has 2 amide bonds. The third kappa shape index (κ3) is 4.18. The van der Waals surface area contributed by atoms with Crippen molar-refractivity contribution >= 4 is 72.4 Å². The van der Waals surface area contributed by atoms with E-state index < -0.39 is 0 Å². The third-order valence-corrected chi connectivity index (χ3v) is 7.08. The van der Waals surface area contributed by atoms with Crippen molar-refractivity contribution in [2.75, 3.05) is 7.11 Å². The summed E-state index contributed by atoms with van der Waals surface area (Å²) in [6.07, 6.45) is 1.58. The van der Waals surface area contributed by atoms with Gasteiger partial charge in [0.2, 0.25) is 0 Å². The first kappa shape index (κ1) is 20.3. The van der Waals surface area contributed by atoms with Crippen LogP contribution in [0.3, 0.4) is 0 Å². The highest BCUT2D eigenvalue weighted by Gasteiger charge is 2.35. The number of nitrogens with zero attached hydrogens (tertiary/aromatic N) is 1. The number of halogens is 3. The molecule has 0 spiro atoms. The summed E-state index contributed by atoms with van der Waals surface area (Å²) in [6, 6.07) is 8.59. The predicted molar refractivity (Wildman–Crippen MR) is 113 cm³/mol. The number of methoxy groups -OCH3 is 1. The highest BCUT2D eigenvalue weighted by molar-refractivity contribution is 9.13. The number of aromatic hydroxyl groups is 1. The highest BCUT2D eigenvalue weighted by Crippen LogP contribution is 2.43. The fourth-order valence-electron chi connectivity index (χ4n) is 2.47. The number of amides is 2. The van der Waals surface area contributed by atoms with Gasteiger partial charge in [-0.25, -0.2) is 0 Å². The Hall–Kier alpha value is -1.48. The van der Waals surface area contributed by atoms with Gasteiger partial charge in [0.05, 0.1) is 23.0 Å². The Labute approximate surface area is 181 Å². The van der Waals surface area contributed by atoms with Crippen molar-refractivity contribution in [1.29, 1.82) is 0 Å². The number of carbonyl (C=O) groups excluding carboxylic acids is 2.